The van der Waals surface area contributed by atoms with E-state index in [2.05, 4.69) is 16.4 Å². The van der Waals surface area contributed by atoms with Gasteiger partial charge in [-0.25, -0.2) is 0 Å². The smallest absolute Gasteiger partial charge is 0.114 e. The molecule has 0 saturated heterocycles. The van der Waals surface area contributed by atoms with Gasteiger partial charge in [-0.05, 0) is 12.5 Å². The lowest BCUT2D eigenvalue weighted by Gasteiger charge is -2.02. The van der Waals surface area contributed by atoms with Gasteiger partial charge in [-0.1, -0.05) is 0 Å². The van der Waals surface area contributed by atoms with Gasteiger partial charge < -0.3 is 4.84 Å². The van der Waals surface area contributed by atoms with Gasteiger partial charge in [-0.15, -0.1) is 0 Å². The van der Waals surface area contributed by atoms with E-state index in [-0.39, 0.29) is 0 Å². The molecule has 1 aliphatic rings. The van der Waals surface area contributed by atoms with Gasteiger partial charge in [-0.3, -0.25) is 0 Å². The van der Waals surface area contributed by atoms with Crippen LogP contribution in [0.2, 0.25) is 0 Å². The van der Waals surface area contributed by atoms with Crippen molar-refractivity contribution in [1.82, 2.24) is 5.48 Å². The summed E-state index contributed by atoms with van der Waals surface area (Å²) in [7, 11) is 0. The van der Waals surface area contributed by atoms with E-state index in [1.165, 1.54) is 6.26 Å². The minimum absolute atomic E-state index is 0.885. The van der Waals surface area contributed by atoms with Gasteiger partial charge in [0.05, 0.1) is 0 Å². The molecule has 1 aliphatic heterocycles. The molecule has 0 aromatic heterocycles. The molecular formula is C4H6NO. The first-order chi connectivity index (χ1) is 3.00. The molecule has 1 rings (SSSR count). The highest BCUT2D eigenvalue weighted by atomic mass is 16.6. The van der Waals surface area contributed by atoms with E-state index in [0.29, 0.717) is 0 Å². The van der Waals surface area contributed by atoms with E-state index in [1.807, 2.05) is 0 Å². The molecule has 0 spiro atoms. The number of hydrogen-bond donors (Lipinski definition) is 1. The third kappa shape index (κ3) is 0.723. The molecule has 0 unspecified atom stereocenters. The maximum absolute atomic E-state index is 4.58. The van der Waals surface area contributed by atoms with E-state index in [9.17, 15) is 0 Å². The molecule has 33 valence electrons. The normalized spacial score (nSPS) is 20.0. The summed E-state index contributed by atoms with van der Waals surface area (Å²) < 4.78 is 0. The Kier molecular flexibility index (Phi) is 1.12. The van der Waals surface area contributed by atoms with E-state index in [1.54, 1.807) is 0 Å². The van der Waals surface area contributed by atoms with Crippen molar-refractivity contribution in [3.63, 3.8) is 0 Å². The third-order valence-electron chi connectivity index (χ3n) is 0.597. The molecule has 0 aromatic carbocycles. The summed E-state index contributed by atoms with van der Waals surface area (Å²) in [6, 6.07) is 0. The van der Waals surface area contributed by atoms with Crippen LogP contribution in [0.1, 0.15) is 6.42 Å². The fourth-order valence-corrected chi connectivity index (χ4v) is 0.324. The highest BCUT2D eigenvalue weighted by Gasteiger charge is 1.85. The summed E-state index contributed by atoms with van der Waals surface area (Å²) >= 11 is 0. The lowest BCUT2D eigenvalue weighted by atomic mass is 10.4. The minimum atomic E-state index is 0.885. The van der Waals surface area contributed by atoms with Crippen molar-refractivity contribution in [2.45, 2.75) is 6.42 Å². The largest absolute Gasteiger partial charge is 0.416 e. The van der Waals surface area contributed by atoms with Crippen LogP contribution in [-0.4, -0.2) is 6.54 Å². The van der Waals surface area contributed by atoms with Crippen LogP contribution >= 0.6 is 0 Å². The molecule has 0 aromatic rings. The monoisotopic (exact) mass is 84.0 g/mol. The summed E-state index contributed by atoms with van der Waals surface area (Å²) in [4.78, 5) is 4.58. The summed E-state index contributed by atoms with van der Waals surface area (Å²) in [5.41, 5.74) is 2.67. The van der Waals surface area contributed by atoms with Gasteiger partial charge in [-0.2, -0.15) is 5.48 Å². The van der Waals surface area contributed by atoms with Gasteiger partial charge in [0, 0.05) is 6.54 Å². The van der Waals surface area contributed by atoms with Crippen LogP contribution in [0.25, 0.3) is 0 Å². The second kappa shape index (κ2) is 1.82. The molecular weight excluding hydrogens is 78.0 g/mol. The van der Waals surface area contributed by atoms with Gasteiger partial charge >= 0.3 is 0 Å². The maximum Gasteiger partial charge on any atom is 0.114 e. The Balaban J connectivity index is 2.26. The van der Waals surface area contributed by atoms with Crippen molar-refractivity contribution in [3.8, 4) is 0 Å². The molecule has 1 N–H and O–H groups in total. The Morgan fingerprint density at radius 1 is 1.83 bits per heavy atom. The number of hydrogen-bond acceptors (Lipinski definition) is 2. The van der Waals surface area contributed by atoms with E-state index >= 15 is 0 Å². The first-order valence-electron chi connectivity index (χ1n) is 1.94. The first-order valence-corrected chi connectivity index (χ1v) is 1.94. The average Bonchev–Trinajstić information content (AvgIpc) is 1.72. The summed E-state index contributed by atoms with van der Waals surface area (Å²) in [6.07, 6.45) is 5.36. The Hall–Kier alpha value is -0.500. The van der Waals surface area contributed by atoms with Crippen molar-refractivity contribution < 1.29 is 4.84 Å². The summed E-state index contributed by atoms with van der Waals surface area (Å²) in [6.45, 7) is 0.885. The van der Waals surface area contributed by atoms with Gasteiger partial charge in [0.1, 0.15) is 6.26 Å². The summed E-state index contributed by atoms with van der Waals surface area (Å²) in [5, 5.41) is 0. The lowest BCUT2D eigenvalue weighted by molar-refractivity contribution is 0.122. The molecule has 0 amide bonds. The van der Waals surface area contributed by atoms with Crippen LogP contribution in [0.15, 0.2) is 6.26 Å². The predicted molar refractivity (Wildman–Crippen MR) is 21.5 cm³/mol. The Bertz CT molecular complexity index is 52.6. The van der Waals surface area contributed by atoms with Gasteiger partial charge in [0.15, 0.2) is 0 Å². The molecule has 0 bridgehead atoms. The molecule has 1 heterocycles. The Morgan fingerprint density at radius 2 is 2.83 bits per heavy atom. The van der Waals surface area contributed by atoms with Crippen molar-refractivity contribution in [2.75, 3.05) is 6.54 Å². The maximum atomic E-state index is 4.58. The van der Waals surface area contributed by atoms with Crippen molar-refractivity contribution in [1.29, 1.82) is 0 Å². The zero-order chi connectivity index (χ0) is 4.24. The van der Waals surface area contributed by atoms with E-state index in [4.69, 9.17) is 0 Å². The highest BCUT2D eigenvalue weighted by Crippen LogP contribution is 1.84. The van der Waals surface area contributed by atoms with Crippen LogP contribution in [-0.2, 0) is 4.84 Å². The Labute approximate surface area is 36.8 Å². The van der Waals surface area contributed by atoms with Crippen LogP contribution in [0, 0.1) is 6.08 Å². The molecule has 2 nitrogen and oxygen atoms in total. The third-order valence-corrected chi connectivity index (χ3v) is 0.597. The second-order valence-electron chi connectivity index (χ2n) is 1.08. The second-order valence-corrected chi connectivity index (χ2v) is 1.08. The molecule has 0 saturated carbocycles. The summed E-state index contributed by atoms with van der Waals surface area (Å²) in [5.74, 6) is 0. The highest BCUT2D eigenvalue weighted by molar-refractivity contribution is 4.66. The lowest BCUT2D eigenvalue weighted by Crippen LogP contribution is -2.15. The topological polar surface area (TPSA) is 21.3 Å². The molecule has 0 aliphatic carbocycles. The molecule has 1 radical (unpaired) electrons. The minimum Gasteiger partial charge on any atom is -0.416 e. The van der Waals surface area contributed by atoms with Gasteiger partial charge in [0.2, 0.25) is 0 Å². The standard InChI is InChI=1S/C4H6NO/c1-2-4-6-5-3-1/h4-5H,1,3H2. The fourth-order valence-electron chi connectivity index (χ4n) is 0.324. The zero-order valence-electron chi connectivity index (χ0n) is 3.40. The average molecular weight is 84.1 g/mol. The first kappa shape index (κ1) is 3.68. The van der Waals surface area contributed by atoms with Gasteiger partial charge in [0.25, 0.3) is 0 Å². The molecule has 0 fully saturated rings. The fraction of sp³-hybridized carbons (Fsp3) is 0.500. The van der Waals surface area contributed by atoms with Crippen LogP contribution in [0.3, 0.4) is 0 Å². The predicted octanol–water partition coefficient (Wildman–Crippen LogP) is 0.228. The van der Waals surface area contributed by atoms with Crippen molar-refractivity contribution >= 4 is 0 Å². The van der Waals surface area contributed by atoms with Crippen LogP contribution < -0.4 is 5.48 Å². The molecule has 2 heteroatoms. The van der Waals surface area contributed by atoms with Crippen LogP contribution in [0.4, 0.5) is 0 Å². The molecule has 0 atom stereocenters. The Morgan fingerprint density at radius 3 is 3.00 bits per heavy atom. The number of hydroxylamine groups is 1. The zero-order valence-corrected chi connectivity index (χ0v) is 3.40. The van der Waals surface area contributed by atoms with E-state index < -0.39 is 0 Å². The number of rotatable bonds is 0. The van der Waals surface area contributed by atoms with Crippen LogP contribution in [0.5, 0.6) is 0 Å². The quantitative estimate of drug-likeness (QED) is 0.453. The number of nitrogens with one attached hydrogen (secondary N) is 1. The van der Waals surface area contributed by atoms with Crippen molar-refractivity contribution in [3.05, 3.63) is 12.3 Å². The van der Waals surface area contributed by atoms with E-state index in [0.717, 1.165) is 13.0 Å². The SMILES string of the molecule is [C]1=CONCC1. The van der Waals surface area contributed by atoms with Crippen molar-refractivity contribution in [2.24, 2.45) is 0 Å². The molecule has 6 heavy (non-hydrogen) atoms.